The first-order chi connectivity index (χ1) is 14.3. The molecule has 0 radical (unpaired) electrons. The van der Waals surface area contributed by atoms with Crippen molar-refractivity contribution in [2.75, 3.05) is 13.1 Å². The van der Waals surface area contributed by atoms with Crippen LogP contribution in [0.15, 0.2) is 12.1 Å². The Hall–Kier alpha value is -1.92. The number of carbonyl (C=O) groups excluding carboxylic acids is 2. The Kier molecular flexibility index (Phi) is 3.81. The Labute approximate surface area is 176 Å². The number of Topliss-reactive ketones (excluding diaryl/α,β-unsaturated/α-hetero) is 1. The minimum Gasteiger partial charge on any atom is -0.477 e. The number of nitrogens with zero attached hydrogens (tertiary/aromatic N) is 1. The van der Waals surface area contributed by atoms with E-state index < -0.39 is 17.1 Å². The summed E-state index contributed by atoms with van der Waals surface area (Å²) in [5, 5.41) is 12.2. The van der Waals surface area contributed by atoms with Crippen LogP contribution in [0.1, 0.15) is 57.1 Å². The largest absolute Gasteiger partial charge is 0.477 e. The van der Waals surface area contributed by atoms with Gasteiger partial charge in [0.1, 0.15) is 0 Å². The van der Waals surface area contributed by atoms with Crippen molar-refractivity contribution in [3.05, 3.63) is 23.3 Å². The summed E-state index contributed by atoms with van der Waals surface area (Å²) in [6, 6.07) is 3.83. The van der Waals surface area contributed by atoms with E-state index in [2.05, 4.69) is 4.90 Å². The van der Waals surface area contributed by atoms with Crippen LogP contribution in [0.3, 0.4) is 0 Å². The van der Waals surface area contributed by atoms with Gasteiger partial charge >= 0.3 is 5.97 Å². The van der Waals surface area contributed by atoms with Gasteiger partial charge in [0.25, 0.3) is 0 Å². The molecular weight excluding hydrogens is 382 g/mol. The second kappa shape index (κ2) is 6.07. The molecule has 2 aliphatic heterocycles. The minimum atomic E-state index is -0.988. The zero-order valence-corrected chi connectivity index (χ0v) is 17.6. The number of piperidine rings is 1. The molecule has 2 heterocycles. The van der Waals surface area contributed by atoms with Crippen molar-refractivity contribution in [2.45, 2.75) is 75.5 Å². The molecule has 1 saturated heterocycles. The lowest BCUT2D eigenvalue weighted by Gasteiger charge is -2.62. The normalized spacial score (nSPS) is 36.5. The molecule has 1 spiro atoms. The van der Waals surface area contributed by atoms with Crippen LogP contribution in [-0.2, 0) is 21.4 Å². The van der Waals surface area contributed by atoms with Crippen LogP contribution in [0.4, 0.5) is 0 Å². The highest BCUT2D eigenvalue weighted by atomic mass is 16.6. The van der Waals surface area contributed by atoms with Gasteiger partial charge in [-0.25, -0.2) is 0 Å². The number of aliphatic hydroxyl groups is 1. The predicted octanol–water partition coefficient (Wildman–Crippen LogP) is 2.38. The Morgan fingerprint density at radius 1 is 1.33 bits per heavy atom. The molecule has 1 N–H and O–H groups in total. The van der Waals surface area contributed by atoms with Gasteiger partial charge in [0.2, 0.25) is 0 Å². The molecule has 1 aromatic rings. The number of ether oxygens (including phenoxy) is 2. The van der Waals surface area contributed by atoms with Gasteiger partial charge in [-0.05, 0) is 56.2 Å². The molecule has 160 valence electrons. The number of hydrogen-bond donors (Lipinski definition) is 1. The Bertz CT molecular complexity index is 953. The Morgan fingerprint density at radius 3 is 2.87 bits per heavy atom. The molecule has 4 atom stereocenters. The topological polar surface area (TPSA) is 76.1 Å². The summed E-state index contributed by atoms with van der Waals surface area (Å²) in [5.41, 5.74) is 0.342. The molecule has 6 nitrogen and oxygen atoms in total. The van der Waals surface area contributed by atoms with Crippen molar-refractivity contribution in [1.82, 2.24) is 4.90 Å². The molecule has 3 fully saturated rings. The molecule has 0 aromatic heterocycles. The lowest BCUT2D eigenvalue weighted by atomic mass is 9.49. The average Bonchev–Trinajstić information content (AvgIpc) is 3.45. The molecule has 5 aliphatic rings. The molecule has 6 heteroatoms. The van der Waals surface area contributed by atoms with Gasteiger partial charge in [-0.15, -0.1) is 0 Å². The summed E-state index contributed by atoms with van der Waals surface area (Å²) in [6.07, 6.45) is 4.13. The molecule has 2 saturated carbocycles. The number of hydrogen-bond acceptors (Lipinski definition) is 6. The maximum Gasteiger partial charge on any atom is 0.313 e. The monoisotopic (exact) mass is 411 g/mol. The highest BCUT2D eigenvalue weighted by molar-refractivity contribution is 5.90. The van der Waals surface area contributed by atoms with Crippen molar-refractivity contribution in [3.8, 4) is 11.5 Å². The van der Waals surface area contributed by atoms with Gasteiger partial charge < -0.3 is 14.6 Å². The van der Waals surface area contributed by atoms with Gasteiger partial charge in [0.05, 0.1) is 16.9 Å². The van der Waals surface area contributed by atoms with E-state index in [9.17, 15) is 14.7 Å². The predicted molar refractivity (Wildman–Crippen MR) is 109 cm³/mol. The quantitative estimate of drug-likeness (QED) is 0.606. The number of ketones is 1. The lowest BCUT2D eigenvalue weighted by Crippen LogP contribution is -2.76. The van der Waals surface area contributed by atoms with E-state index in [0.717, 1.165) is 36.6 Å². The SMILES string of the molecule is CC(C)C(=O)Oc1ccc2c3c1O[C@H]1C(=O)CC[C@@]4(O)C(C2)N(CC2CC2)CCC314. The zero-order valence-electron chi connectivity index (χ0n) is 17.6. The van der Waals surface area contributed by atoms with Crippen molar-refractivity contribution >= 4 is 11.8 Å². The summed E-state index contributed by atoms with van der Waals surface area (Å²) in [6.45, 7) is 5.49. The van der Waals surface area contributed by atoms with E-state index in [1.165, 1.54) is 12.8 Å². The van der Waals surface area contributed by atoms with Crippen LogP contribution in [0.5, 0.6) is 11.5 Å². The summed E-state index contributed by atoms with van der Waals surface area (Å²) in [4.78, 5) is 27.8. The smallest absolute Gasteiger partial charge is 0.313 e. The summed E-state index contributed by atoms with van der Waals surface area (Å²) >= 11 is 0. The van der Waals surface area contributed by atoms with Crippen LogP contribution >= 0.6 is 0 Å². The molecule has 1 aromatic carbocycles. The van der Waals surface area contributed by atoms with Crippen LogP contribution in [0.2, 0.25) is 0 Å². The number of rotatable bonds is 4. The zero-order chi connectivity index (χ0) is 20.8. The first-order valence-electron chi connectivity index (χ1n) is 11.4. The van der Waals surface area contributed by atoms with E-state index in [1.807, 2.05) is 6.07 Å². The lowest BCUT2D eigenvalue weighted by molar-refractivity contribution is -0.188. The summed E-state index contributed by atoms with van der Waals surface area (Å²) in [5.74, 6) is 1.11. The highest BCUT2D eigenvalue weighted by Crippen LogP contribution is 2.65. The minimum absolute atomic E-state index is 0.00793. The van der Waals surface area contributed by atoms with Gasteiger partial charge in [-0.1, -0.05) is 19.9 Å². The molecular formula is C24H29NO5. The maximum atomic E-state index is 13.0. The van der Waals surface area contributed by atoms with Crippen LogP contribution < -0.4 is 9.47 Å². The molecule has 2 unspecified atom stereocenters. The Morgan fingerprint density at radius 2 is 2.13 bits per heavy atom. The van der Waals surface area contributed by atoms with E-state index in [1.54, 1.807) is 19.9 Å². The number of likely N-dealkylation sites (tertiary alicyclic amines) is 1. The van der Waals surface area contributed by atoms with Gasteiger partial charge in [0, 0.05) is 24.6 Å². The number of carbonyl (C=O) groups is 2. The molecule has 3 aliphatic carbocycles. The van der Waals surface area contributed by atoms with Gasteiger partial charge in [-0.2, -0.15) is 0 Å². The molecule has 30 heavy (non-hydrogen) atoms. The fraction of sp³-hybridized carbons (Fsp3) is 0.667. The van der Waals surface area contributed by atoms with Gasteiger partial charge in [-0.3, -0.25) is 14.5 Å². The second-order valence-corrected chi connectivity index (χ2v) is 10.3. The fourth-order valence-electron chi connectivity index (χ4n) is 6.56. The van der Waals surface area contributed by atoms with Crippen LogP contribution in [0.25, 0.3) is 0 Å². The van der Waals surface area contributed by atoms with Crippen molar-refractivity contribution in [1.29, 1.82) is 0 Å². The van der Waals surface area contributed by atoms with E-state index in [4.69, 9.17) is 9.47 Å². The standard InChI is InChI=1S/C24H29NO5/c1-13(2)22(27)29-17-6-5-15-11-18-24(28)8-7-16(26)21-23(24,19(15)20(17)30-21)9-10-25(18)12-14-3-4-14/h5-6,13-14,18,21,28H,3-4,7-12H2,1-2H3/t18?,21-,23?,24+/m0/s1. The number of esters is 1. The molecule has 6 rings (SSSR count). The van der Waals surface area contributed by atoms with Crippen molar-refractivity contribution in [3.63, 3.8) is 0 Å². The first kappa shape index (κ1) is 18.8. The van der Waals surface area contributed by atoms with E-state index in [0.29, 0.717) is 30.8 Å². The highest BCUT2D eigenvalue weighted by Gasteiger charge is 2.73. The third kappa shape index (κ3) is 2.27. The summed E-state index contributed by atoms with van der Waals surface area (Å²) in [7, 11) is 0. The third-order valence-electron chi connectivity index (χ3n) is 8.22. The van der Waals surface area contributed by atoms with Gasteiger partial charge in [0.15, 0.2) is 23.4 Å². The average molecular weight is 411 g/mol. The molecule has 2 bridgehead atoms. The molecule has 0 amide bonds. The van der Waals surface area contributed by atoms with E-state index in [-0.39, 0.29) is 23.7 Å². The first-order valence-corrected chi connectivity index (χ1v) is 11.4. The maximum absolute atomic E-state index is 13.0. The number of benzene rings is 1. The third-order valence-corrected chi connectivity index (χ3v) is 8.22. The fourth-order valence-corrected chi connectivity index (χ4v) is 6.56. The van der Waals surface area contributed by atoms with Crippen molar-refractivity contribution in [2.24, 2.45) is 11.8 Å². The van der Waals surface area contributed by atoms with Crippen LogP contribution in [0, 0.1) is 11.8 Å². The second-order valence-electron chi connectivity index (χ2n) is 10.3. The van der Waals surface area contributed by atoms with E-state index >= 15 is 0 Å². The Balaban J connectivity index is 1.50. The van der Waals surface area contributed by atoms with Crippen molar-refractivity contribution < 1.29 is 24.2 Å². The van der Waals surface area contributed by atoms with Crippen LogP contribution in [-0.4, -0.2) is 52.6 Å². The summed E-state index contributed by atoms with van der Waals surface area (Å²) < 4.78 is 11.9.